The second-order valence-corrected chi connectivity index (χ2v) is 4.89. The number of Topliss-reactive ketones (excluding diaryl/α,β-unsaturated/α-hetero) is 1. The van der Waals surface area contributed by atoms with Crippen LogP contribution in [0.3, 0.4) is 0 Å². The van der Waals surface area contributed by atoms with Crippen LogP contribution in [0, 0.1) is 0 Å². The quantitative estimate of drug-likeness (QED) is 0.633. The molecule has 0 N–H and O–H groups in total. The zero-order valence-electron chi connectivity index (χ0n) is 9.37. The fraction of sp³-hybridized carbons (Fsp3) is 0.385. The average molecular weight is 201 g/mol. The van der Waals surface area contributed by atoms with E-state index in [0.29, 0.717) is 6.42 Å². The van der Waals surface area contributed by atoms with Crippen LogP contribution in [0.2, 0.25) is 0 Å². The largest absolute Gasteiger partial charge is 0.294 e. The lowest BCUT2D eigenvalue weighted by Gasteiger charge is -2.24. The number of benzene rings is 1. The summed E-state index contributed by atoms with van der Waals surface area (Å²) >= 11 is 0. The second kappa shape index (κ2) is 3.30. The highest BCUT2D eigenvalue weighted by molar-refractivity contribution is 6.11. The molecule has 0 spiro atoms. The van der Waals surface area contributed by atoms with Gasteiger partial charge in [-0.15, -0.1) is 0 Å². The van der Waals surface area contributed by atoms with Crippen molar-refractivity contribution in [1.82, 2.24) is 0 Å². The number of hydrogen-bond donors (Lipinski definition) is 0. The standard InChI is InChI=1S/C13H15NO/c1-13(2,3)9-5-4-6-10-12(9)11(15)7-8-14-10/h4-6,8H,7H2,1-3H3. The number of carbonyl (C=O) groups excluding carboxylic acids is 1. The van der Waals surface area contributed by atoms with Crippen LogP contribution < -0.4 is 0 Å². The number of fused-ring (bicyclic) bond motifs is 1. The van der Waals surface area contributed by atoms with E-state index in [1.807, 2.05) is 18.2 Å². The molecule has 0 fully saturated rings. The summed E-state index contributed by atoms with van der Waals surface area (Å²) in [4.78, 5) is 16.1. The molecule has 2 rings (SSSR count). The van der Waals surface area contributed by atoms with Crippen LogP contribution in [-0.4, -0.2) is 12.0 Å². The summed E-state index contributed by atoms with van der Waals surface area (Å²) in [6.45, 7) is 6.36. The average Bonchev–Trinajstić information content (AvgIpc) is 2.16. The zero-order chi connectivity index (χ0) is 11.1. The van der Waals surface area contributed by atoms with Gasteiger partial charge in [-0.1, -0.05) is 32.9 Å². The number of nitrogens with zero attached hydrogens (tertiary/aromatic N) is 1. The van der Waals surface area contributed by atoms with Gasteiger partial charge in [-0.2, -0.15) is 0 Å². The molecule has 1 aromatic carbocycles. The van der Waals surface area contributed by atoms with Crippen LogP contribution >= 0.6 is 0 Å². The molecule has 1 heterocycles. The van der Waals surface area contributed by atoms with E-state index >= 15 is 0 Å². The number of hydrogen-bond acceptors (Lipinski definition) is 2. The van der Waals surface area contributed by atoms with Crippen molar-refractivity contribution >= 4 is 17.7 Å². The molecule has 0 atom stereocenters. The molecule has 1 aliphatic heterocycles. The zero-order valence-corrected chi connectivity index (χ0v) is 9.37. The number of carbonyl (C=O) groups is 1. The number of ketones is 1. The molecule has 1 aliphatic rings. The summed E-state index contributed by atoms with van der Waals surface area (Å²) in [5, 5.41) is 0. The monoisotopic (exact) mass is 201 g/mol. The molecule has 0 aromatic heterocycles. The molecule has 0 radical (unpaired) electrons. The first kappa shape index (κ1) is 10.1. The minimum Gasteiger partial charge on any atom is -0.294 e. The van der Waals surface area contributed by atoms with E-state index in [1.54, 1.807) is 6.21 Å². The smallest absolute Gasteiger partial charge is 0.170 e. The van der Waals surface area contributed by atoms with Crippen molar-refractivity contribution in [2.24, 2.45) is 4.99 Å². The Morgan fingerprint density at radius 3 is 2.67 bits per heavy atom. The highest BCUT2D eigenvalue weighted by Gasteiger charge is 2.25. The van der Waals surface area contributed by atoms with Crippen LogP contribution in [0.5, 0.6) is 0 Å². The molecule has 2 heteroatoms. The van der Waals surface area contributed by atoms with Crippen molar-refractivity contribution in [2.45, 2.75) is 32.6 Å². The Balaban J connectivity index is 2.68. The van der Waals surface area contributed by atoms with E-state index in [1.165, 1.54) is 0 Å². The molecular weight excluding hydrogens is 186 g/mol. The fourth-order valence-electron chi connectivity index (χ4n) is 1.89. The van der Waals surface area contributed by atoms with E-state index < -0.39 is 0 Å². The SMILES string of the molecule is CC(C)(C)c1cccc2c1C(=O)CC=N2. The summed E-state index contributed by atoms with van der Waals surface area (Å²) < 4.78 is 0. The summed E-state index contributed by atoms with van der Waals surface area (Å²) in [7, 11) is 0. The summed E-state index contributed by atoms with van der Waals surface area (Å²) in [6.07, 6.45) is 2.12. The molecule has 0 saturated carbocycles. The minimum absolute atomic E-state index is 0.00609. The lowest BCUT2D eigenvalue weighted by atomic mass is 9.81. The predicted molar refractivity (Wildman–Crippen MR) is 62.2 cm³/mol. The molecule has 0 amide bonds. The normalized spacial score (nSPS) is 15.3. The van der Waals surface area contributed by atoms with Crippen molar-refractivity contribution in [3.63, 3.8) is 0 Å². The number of aliphatic imine (C=N–C) groups is 1. The van der Waals surface area contributed by atoms with Gasteiger partial charge in [0.25, 0.3) is 0 Å². The van der Waals surface area contributed by atoms with Gasteiger partial charge in [-0.3, -0.25) is 9.79 Å². The van der Waals surface area contributed by atoms with Crippen molar-refractivity contribution in [1.29, 1.82) is 0 Å². The van der Waals surface area contributed by atoms with E-state index in [0.717, 1.165) is 16.8 Å². The molecule has 15 heavy (non-hydrogen) atoms. The summed E-state index contributed by atoms with van der Waals surface area (Å²) in [5.41, 5.74) is 2.72. The van der Waals surface area contributed by atoms with Gasteiger partial charge in [0.2, 0.25) is 0 Å². The van der Waals surface area contributed by atoms with Crippen molar-refractivity contribution in [2.75, 3.05) is 0 Å². The minimum atomic E-state index is -0.00609. The van der Waals surface area contributed by atoms with Crippen LogP contribution in [0.4, 0.5) is 5.69 Å². The first-order valence-corrected chi connectivity index (χ1v) is 5.19. The Labute approximate surface area is 90.0 Å². The molecule has 0 saturated heterocycles. The predicted octanol–water partition coefficient (Wildman–Crippen LogP) is 3.27. The molecule has 0 bridgehead atoms. The third kappa shape index (κ3) is 1.72. The van der Waals surface area contributed by atoms with E-state index in [2.05, 4.69) is 25.8 Å². The van der Waals surface area contributed by atoms with Gasteiger partial charge in [0, 0.05) is 18.2 Å². The summed E-state index contributed by atoms with van der Waals surface area (Å²) in [5.74, 6) is 0.186. The Bertz CT molecular complexity index is 438. The van der Waals surface area contributed by atoms with Gasteiger partial charge in [-0.05, 0) is 17.0 Å². The van der Waals surface area contributed by atoms with Crippen molar-refractivity contribution < 1.29 is 4.79 Å². The van der Waals surface area contributed by atoms with Crippen molar-refractivity contribution in [3.05, 3.63) is 29.3 Å². The topological polar surface area (TPSA) is 29.4 Å². The summed E-state index contributed by atoms with van der Waals surface area (Å²) in [6, 6.07) is 5.89. The van der Waals surface area contributed by atoms with Gasteiger partial charge < -0.3 is 0 Å². The van der Waals surface area contributed by atoms with Gasteiger partial charge in [-0.25, -0.2) is 0 Å². The van der Waals surface area contributed by atoms with Gasteiger partial charge >= 0.3 is 0 Å². The lowest BCUT2D eigenvalue weighted by Crippen LogP contribution is -2.18. The highest BCUT2D eigenvalue weighted by atomic mass is 16.1. The fourth-order valence-corrected chi connectivity index (χ4v) is 1.89. The molecule has 0 unspecified atom stereocenters. The maximum Gasteiger partial charge on any atom is 0.170 e. The molecule has 0 aliphatic carbocycles. The first-order valence-electron chi connectivity index (χ1n) is 5.19. The number of rotatable bonds is 0. The van der Waals surface area contributed by atoms with Crippen LogP contribution in [0.25, 0.3) is 0 Å². The highest BCUT2D eigenvalue weighted by Crippen LogP contribution is 2.34. The molecule has 78 valence electrons. The molecule has 2 nitrogen and oxygen atoms in total. The first-order chi connectivity index (χ1) is 7.00. The van der Waals surface area contributed by atoms with Crippen LogP contribution in [-0.2, 0) is 5.41 Å². The van der Waals surface area contributed by atoms with E-state index in [9.17, 15) is 4.79 Å². The third-order valence-electron chi connectivity index (χ3n) is 2.64. The Morgan fingerprint density at radius 1 is 1.27 bits per heavy atom. The Hall–Kier alpha value is -1.44. The lowest BCUT2D eigenvalue weighted by molar-refractivity contribution is 0.0999. The van der Waals surface area contributed by atoms with Crippen LogP contribution in [0.1, 0.15) is 43.1 Å². The third-order valence-corrected chi connectivity index (χ3v) is 2.64. The van der Waals surface area contributed by atoms with Gasteiger partial charge in [0.05, 0.1) is 5.69 Å². The molecule has 1 aromatic rings. The second-order valence-electron chi connectivity index (χ2n) is 4.89. The molecular formula is C13H15NO. The van der Waals surface area contributed by atoms with Crippen LogP contribution in [0.15, 0.2) is 23.2 Å². The van der Waals surface area contributed by atoms with E-state index in [-0.39, 0.29) is 11.2 Å². The van der Waals surface area contributed by atoms with Gasteiger partial charge in [0.15, 0.2) is 5.78 Å². The van der Waals surface area contributed by atoms with E-state index in [4.69, 9.17) is 0 Å². The Kier molecular flexibility index (Phi) is 2.22. The Morgan fingerprint density at radius 2 is 2.00 bits per heavy atom. The van der Waals surface area contributed by atoms with Crippen molar-refractivity contribution in [3.8, 4) is 0 Å². The van der Waals surface area contributed by atoms with Gasteiger partial charge in [0.1, 0.15) is 0 Å². The maximum atomic E-state index is 11.9. The maximum absolute atomic E-state index is 11.9.